The fourth-order valence-electron chi connectivity index (χ4n) is 2.31. The Labute approximate surface area is 153 Å². The van der Waals surface area contributed by atoms with E-state index in [4.69, 9.17) is 16.3 Å². The van der Waals surface area contributed by atoms with Crippen molar-refractivity contribution in [1.82, 2.24) is 9.19 Å². The van der Waals surface area contributed by atoms with Crippen LogP contribution in [0.15, 0.2) is 59.6 Å². The number of benzene rings is 2. The highest BCUT2D eigenvalue weighted by atomic mass is 35.5. The van der Waals surface area contributed by atoms with Crippen LogP contribution in [0.4, 0.5) is 5.69 Å². The summed E-state index contributed by atoms with van der Waals surface area (Å²) < 4.78 is 31.3. The lowest BCUT2D eigenvalue weighted by Crippen LogP contribution is -2.13. The number of ether oxygens (including phenoxy) is 1. The normalized spacial score (nSPS) is 11.3. The molecule has 2 aromatic carbocycles. The van der Waals surface area contributed by atoms with Crippen LogP contribution < -0.4 is 4.74 Å². The largest absolute Gasteiger partial charge is 0.496 e. The Balaban J connectivity index is 2.06. The molecule has 1 heterocycles. The van der Waals surface area contributed by atoms with Crippen LogP contribution in [0.1, 0.15) is 0 Å². The molecule has 3 aromatic rings. The first kappa shape index (κ1) is 17.9. The topological polar surface area (TPSA) is 104 Å². The van der Waals surface area contributed by atoms with Gasteiger partial charge in [-0.3, -0.25) is 10.1 Å². The summed E-state index contributed by atoms with van der Waals surface area (Å²) in [5.74, 6) is 0.338. The number of nitrogens with zero attached hydrogens (tertiary/aromatic N) is 3. The van der Waals surface area contributed by atoms with Crippen molar-refractivity contribution in [3.05, 3.63) is 69.9 Å². The van der Waals surface area contributed by atoms with Crippen LogP contribution in [0.2, 0.25) is 5.02 Å². The molecule has 0 aliphatic carbocycles. The fourth-order valence-corrected chi connectivity index (χ4v) is 3.55. The SMILES string of the molecule is COc1ccc([N+](=O)[O-])cc1-c1ccn(S(=O)(=O)c2ccc(Cl)cc2)n1. The molecule has 0 aliphatic rings. The van der Waals surface area contributed by atoms with E-state index >= 15 is 0 Å². The van der Waals surface area contributed by atoms with Crippen molar-refractivity contribution in [2.75, 3.05) is 7.11 Å². The van der Waals surface area contributed by atoms with Gasteiger partial charge in [-0.1, -0.05) is 11.6 Å². The molecule has 0 unspecified atom stereocenters. The molecule has 3 rings (SSSR count). The van der Waals surface area contributed by atoms with E-state index in [2.05, 4.69) is 5.10 Å². The molecule has 0 aliphatic heterocycles. The van der Waals surface area contributed by atoms with E-state index < -0.39 is 14.9 Å². The maximum atomic E-state index is 12.6. The molecule has 0 saturated carbocycles. The smallest absolute Gasteiger partial charge is 0.282 e. The molecule has 0 atom stereocenters. The third-order valence-corrected chi connectivity index (χ3v) is 5.41. The predicted molar refractivity (Wildman–Crippen MR) is 94.9 cm³/mol. The van der Waals surface area contributed by atoms with Crippen LogP contribution in [0.5, 0.6) is 5.75 Å². The highest BCUT2D eigenvalue weighted by Crippen LogP contribution is 2.32. The quantitative estimate of drug-likeness (QED) is 0.486. The van der Waals surface area contributed by atoms with Gasteiger partial charge in [-0.2, -0.15) is 17.6 Å². The number of nitro benzene ring substituents is 1. The molecule has 26 heavy (non-hydrogen) atoms. The summed E-state index contributed by atoms with van der Waals surface area (Å²) in [5.41, 5.74) is 0.380. The first-order chi connectivity index (χ1) is 12.3. The molecule has 134 valence electrons. The second-order valence-corrected chi connectivity index (χ2v) is 7.41. The zero-order chi connectivity index (χ0) is 18.9. The molecule has 0 spiro atoms. The summed E-state index contributed by atoms with van der Waals surface area (Å²) in [6.07, 6.45) is 1.26. The van der Waals surface area contributed by atoms with Crippen molar-refractivity contribution in [2.45, 2.75) is 4.90 Å². The zero-order valence-electron chi connectivity index (χ0n) is 13.4. The highest BCUT2D eigenvalue weighted by Gasteiger charge is 2.20. The molecule has 0 saturated heterocycles. The molecule has 0 radical (unpaired) electrons. The van der Waals surface area contributed by atoms with Crippen LogP contribution in [0, 0.1) is 10.1 Å². The van der Waals surface area contributed by atoms with Crippen molar-refractivity contribution in [3.8, 4) is 17.0 Å². The number of methoxy groups -OCH3 is 1. The first-order valence-electron chi connectivity index (χ1n) is 7.22. The third kappa shape index (κ3) is 3.26. The number of rotatable bonds is 5. The van der Waals surface area contributed by atoms with Crippen LogP contribution in [-0.2, 0) is 10.0 Å². The molecular weight excluding hydrogens is 382 g/mol. The van der Waals surface area contributed by atoms with E-state index in [0.717, 1.165) is 4.09 Å². The summed E-state index contributed by atoms with van der Waals surface area (Å²) in [6.45, 7) is 0. The molecule has 0 fully saturated rings. The lowest BCUT2D eigenvalue weighted by atomic mass is 10.1. The summed E-state index contributed by atoms with van der Waals surface area (Å²) in [6, 6.07) is 11.1. The van der Waals surface area contributed by atoms with Crippen LogP contribution in [0.3, 0.4) is 0 Å². The van der Waals surface area contributed by atoms with Gasteiger partial charge in [0.05, 0.1) is 28.2 Å². The van der Waals surface area contributed by atoms with E-state index in [0.29, 0.717) is 16.3 Å². The Kier molecular flexibility index (Phi) is 4.66. The van der Waals surface area contributed by atoms with Crippen LogP contribution in [0.25, 0.3) is 11.3 Å². The average molecular weight is 394 g/mol. The van der Waals surface area contributed by atoms with Gasteiger partial charge in [0.25, 0.3) is 15.7 Å². The number of hydrogen-bond acceptors (Lipinski definition) is 6. The molecule has 0 N–H and O–H groups in total. The maximum absolute atomic E-state index is 12.6. The van der Waals surface area contributed by atoms with Gasteiger partial charge in [0, 0.05) is 23.4 Å². The molecule has 10 heteroatoms. The Hall–Kier alpha value is -2.91. The molecule has 1 aromatic heterocycles. The number of non-ortho nitro benzene ring substituents is 1. The van der Waals surface area contributed by atoms with E-state index in [9.17, 15) is 18.5 Å². The second kappa shape index (κ2) is 6.77. The first-order valence-corrected chi connectivity index (χ1v) is 9.04. The Morgan fingerprint density at radius 2 is 1.85 bits per heavy atom. The minimum Gasteiger partial charge on any atom is -0.496 e. The van der Waals surface area contributed by atoms with Gasteiger partial charge >= 0.3 is 0 Å². The fraction of sp³-hybridized carbons (Fsp3) is 0.0625. The van der Waals surface area contributed by atoms with Gasteiger partial charge in [0.2, 0.25) is 0 Å². The van der Waals surface area contributed by atoms with Crippen LogP contribution in [-0.4, -0.2) is 29.6 Å². The number of nitro groups is 1. The Morgan fingerprint density at radius 3 is 2.46 bits per heavy atom. The lowest BCUT2D eigenvalue weighted by Gasteiger charge is -2.06. The molecule has 8 nitrogen and oxygen atoms in total. The van der Waals surface area contributed by atoms with Crippen molar-refractivity contribution in [1.29, 1.82) is 0 Å². The number of aromatic nitrogens is 2. The van der Waals surface area contributed by atoms with Gasteiger partial charge < -0.3 is 4.74 Å². The summed E-state index contributed by atoms with van der Waals surface area (Å²) in [5, 5.41) is 15.5. The van der Waals surface area contributed by atoms with Gasteiger partial charge in [-0.25, -0.2) is 0 Å². The van der Waals surface area contributed by atoms with E-state index in [1.54, 1.807) is 0 Å². The lowest BCUT2D eigenvalue weighted by molar-refractivity contribution is -0.384. The van der Waals surface area contributed by atoms with Crippen molar-refractivity contribution in [2.24, 2.45) is 0 Å². The number of halogens is 1. The van der Waals surface area contributed by atoms with E-state index in [-0.39, 0.29) is 16.3 Å². The predicted octanol–water partition coefficient (Wildman–Crippen LogP) is 3.36. The molecular formula is C16H12ClN3O5S. The zero-order valence-corrected chi connectivity index (χ0v) is 14.9. The van der Waals surface area contributed by atoms with Crippen molar-refractivity contribution in [3.63, 3.8) is 0 Å². The summed E-state index contributed by atoms with van der Waals surface area (Å²) in [7, 11) is -2.51. The van der Waals surface area contributed by atoms with Crippen LogP contribution >= 0.6 is 11.6 Å². The minimum absolute atomic E-state index is 0.0163. The summed E-state index contributed by atoms with van der Waals surface area (Å²) >= 11 is 5.78. The average Bonchev–Trinajstić information content (AvgIpc) is 3.12. The maximum Gasteiger partial charge on any atom is 0.282 e. The van der Waals surface area contributed by atoms with E-state index in [1.807, 2.05) is 0 Å². The highest BCUT2D eigenvalue weighted by molar-refractivity contribution is 7.89. The van der Waals surface area contributed by atoms with Gasteiger partial charge in [0.1, 0.15) is 5.75 Å². The monoisotopic (exact) mass is 393 g/mol. The summed E-state index contributed by atoms with van der Waals surface area (Å²) in [4.78, 5) is 10.5. The standard InChI is InChI=1S/C16H12ClN3O5S/c1-25-16-7-4-12(20(21)22)10-14(16)15-8-9-19(18-15)26(23,24)13-5-2-11(17)3-6-13/h2-10H,1H3. The van der Waals surface area contributed by atoms with E-state index in [1.165, 1.54) is 61.8 Å². The molecule has 0 amide bonds. The van der Waals surface area contributed by atoms with Gasteiger partial charge in [-0.15, -0.1) is 0 Å². The Morgan fingerprint density at radius 1 is 1.15 bits per heavy atom. The van der Waals surface area contributed by atoms with Crippen molar-refractivity contribution < 1.29 is 18.1 Å². The second-order valence-electron chi connectivity index (χ2n) is 5.17. The Bertz CT molecular complexity index is 1080. The number of hydrogen-bond donors (Lipinski definition) is 0. The molecule has 0 bridgehead atoms. The van der Waals surface area contributed by atoms with Gasteiger partial charge in [-0.05, 0) is 36.4 Å². The minimum atomic E-state index is -3.92. The van der Waals surface area contributed by atoms with Crippen molar-refractivity contribution >= 4 is 27.3 Å². The van der Waals surface area contributed by atoms with Gasteiger partial charge in [0.15, 0.2) is 0 Å². The third-order valence-electron chi connectivity index (χ3n) is 3.59.